The van der Waals surface area contributed by atoms with E-state index in [2.05, 4.69) is 6.58 Å². The van der Waals surface area contributed by atoms with Crippen molar-refractivity contribution < 1.29 is 14.3 Å². The first-order valence-corrected chi connectivity index (χ1v) is 7.92. The van der Waals surface area contributed by atoms with Gasteiger partial charge in [-0.2, -0.15) is 0 Å². The molecule has 4 heteroatoms. The first-order valence-electron chi connectivity index (χ1n) is 7.92. The van der Waals surface area contributed by atoms with E-state index in [4.69, 9.17) is 4.74 Å². The first-order chi connectivity index (χ1) is 10.6. The van der Waals surface area contributed by atoms with E-state index in [-0.39, 0.29) is 23.7 Å². The van der Waals surface area contributed by atoms with E-state index in [0.29, 0.717) is 6.54 Å². The maximum Gasteiger partial charge on any atom is 0.313 e. The van der Waals surface area contributed by atoms with Crippen molar-refractivity contribution in [3.05, 3.63) is 42.0 Å². The van der Waals surface area contributed by atoms with Crippen LogP contribution in [0.1, 0.15) is 46.1 Å². The zero-order valence-electron chi connectivity index (χ0n) is 14.6. The summed E-state index contributed by atoms with van der Waals surface area (Å²) in [6, 6.07) is 7.50. The molecule has 1 aliphatic rings. The molecule has 0 radical (unpaired) electrons. The molecular formula is C19H25NO3. The molecule has 1 heterocycles. The minimum absolute atomic E-state index is 0.0722. The molecule has 4 nitrogen and oxygen atoms in total. The Morgan fingerprint density at radius 2 is 1.87 bits per heavy atom. The highest BCUT2D eigenvalue weighted by molar-refractivity contribution is 6.00. The van der Waals surface area contributed by atoms with Crippen LogP contribution in [-0.4, -0.2) is 24.0 Å². The molecule has 1 saturated heterocycles. The monoisotopic (exact) mass is 315 g/mol. The molecular weight excluding hydrogens is 290 g/mol. The number of esters is 1. The van der Waals surface area contributed by atoms with Crippen molar-refractivity contribution >= 4 is 17.6 Å². The summed E-state index contributed by atoms with van der Waals surface area (Å²) in [5.41, 5.74) is 2.15. The second-order valence-electron chi connectivity index (χ2n) is 7.15. The van der Waals surface area contributed by atoms with Crippen LogP contribution in [0.4, 0.5) is 5.69 Å². The number of hydrogen-bond acceptors (Lipinski definition) is 3. The van der Waals surface area contributed by atoms with Gasteiger partial charge in [0.15, 0.2) is 0 Å². The van der Waals surface area contributed by atoms with Crippen molar-refractivity contribution in [3.8, 4) is 0 Å². The van der Waals surface area contributed by atoms with Gasteiger partial charge in [-0.25, -0.2) is 0 Å². The van der Waals surface area contributed by atoms with Crippen molar-refractivity contribution in [1.82, 2.24) is 0 Å². The van der Waals surface area contributed by atoms with Crippen molar-refractivity contribution in [2.45, 2.75) is 46.1 Å². The number of anilines is 1. The predicted molar refractivity (Wildman–Crippen MR) is 91.4 cm³/mol. The van der Waals surface area contributed by atoms with E-state index < -0.39 is 5.60 Å². The van der Waals surface area contributed by atoms with Crippen molar-refractivity contribution in [1.29, 1.82) is 0 Å². The fourth-order valence-electron chi connectivity index (χ4n) is 2.51. The smallest absolute Gasteiger partial charge is 0.313 e. The Labute approximate surface area is 138 Å². The number of rotatable bonds is 3. The summed E-state index contributed by atoms with van der Waals surface area (Å²) in [6.45, 7) is 13.8. The molecule has 23 heavy (non-hydrogen) atoms. The van der Waals surface area contributed by atoms with Gasteiger partial charge in [0.1, 0.15) is 5.60 Å². The van der Waals surface area contributed by atoms with Gasteiger partial charge in [-0.3, -0.25) is 9.59 Å². The molecule has 0 N–H and O–H groups in total. The van der Waals surface area contributed by atoms with Gasteiger partial charge < -0.3 is 9.64 Å². The van der Waals surface area contributed by atoms with Crippen LogP contribution in [0, 0.1) is 5.92 Å². The zero-order chi connectivity index (χ0) is 17.4. The lowest BCUT2D eigenvalue weighted by molar-refractivity contribution is -0.156. The van der Waals surface area contributed by atoms with Crippen LogP contribution in [0.3, 0.4) is 0 Å². The van der Waals surface area contributed by atoms with Crippen LogP contribution in [0.15, 0.2) is 36.4 Å². The average Bonchev–Trinajstić information content (AvgIpc) is 2.72. The van der Waals surface area contributed by atoms with Crippen LogP contribution < -0.4 is 4.90 Å². The zero-order valence-corrected chi connectivity index (χ0v) is 14.6. The summed E-state index contributed by atoms with van der Waals surface area (Å²) < 4.78 is 5.41. The van der Waals surface area contributed by atoms with Crippen LogP contribution in [0.2, 0.25) is 0 Å². The lowest BCUT2D eigenvalue weighted by atomic mass is 10.0. The maximum absolute atomic E-state index is 12.2. The number of nitrogens with zero attached hydrogens (tertiary/aromatic N) is 1. The van der Waals surface area contributed by atoms with E-state index in [0.717, 1.165) is 16.8 Å². The Hall–Kier alpha value is -2.10. The number of hydrogen-bond donors (Lipinski definition) is 0. The summed E-state index contributed by atoms with van der Waals surface area (Å²) >= 11 is 0. The topological polar surface area (TPSA) is 46.6 Å². The molecule has 1 fully saturated rings. The van der Waals surface area contributed by atoms with Gasteiger partial charge in [0, 0.05) is 12.2 Å². The van der Waals surface area contributed by atoms with E-state index in [1.54, 1.807) is 4.90 Å². The fraction of sp³-hybridized carbons (Fsp3) is 0.474. The number of benzene rings is 1. The SMILES string of the molecule is C=C1CN(c2ccc(C(C)C(=O)OC(C)(C)C)cc2)C(=O)C1C. The van der Waals surface area contributed by atoms with Gasteiger partial charge in [0.2, 0.25) is 5.91 Å². The highest BCUT2D eigenvalue weighted by Gasteiger charge is 2.32. The van der Waals surface area contributed by atoms with Crippen LogP contribution in [0.25, 0.3) is 0 Å². The van der Waals surface area contributed by atoms with Crippen molar-refractivity contribution in [2.24, 2.45) is 5.92 Å². The molecule has 1 amide bonds. The molecule has 0 aromatic heterocycles. The number of carbonyl (C=O) groups excluding carboxylic acids is 2. The van der Waals surface area contributed by atoms with E-state index >= 15 is 0 Å². The Kier molecular flexibility index (Phi) is 4.64. The number of ether oxygens (including phenoxy) is 1. The number of amides is 1. The molecule has 0 bridgehead atoms. The maximum atomic E-state index is 12.2. The van der Waals surface area contributed by atoms with Gasteiger partial charge in [-0.05, 0) is 57.9 Å². The minimum Gasteiger partial charge on any atom is -0.460 e. The first kappa shape index (κ1) is 17.3. The Balaban J connectivity index is 2.12. The lowest BCUT2D eigenvalue weighted by Gasteiger charge is -2.23. The lowest BCUT2D eigenvalue weighted by Crippen LogP contribution is -2.27. The normalized spacial score (nSPS) is 19.9. The Bertz CT molecular complexity index is 625. The van der Waals surface area contributed by atoms with Crippen molar-refractivity contribution in [2.75, 3.05) is 11.4 Å². The third kappa shape index (κ3) is 3.81. The summed E-state index contributed by atoms with van der Waals surface area (Å²) in [4.78, 5) is 26.1. The standard InChI is InChI=1S/C19H25NO3/c1-12-11-20(17(21)13(12)2)16-9-7-15(8-10-16)14(3)18(22)23-19(4,5)6/h7-10,13-14H,1,11H2,2-6H3. The molecule has 0 aliphatic carbocycles. The van der Waals surface area contributed by atoms with E-state index in [9.17, 15) is 9.59 Å². The predicted octanol–water partition coefficient (Wildman–Crippen LogP) is 3.67. The second-order valence-corrected chi connectivity index (χ2v) is 7.15. The minimum atomic E-state index is -0.496. The van der Waals surface area contributed by atoms with Gasteiger partial charge in [-0.15, -0.1) is 0 Å². The van der Waals surface area contributed by atoms with Gasteiger partial charge in [0.25, 0.3) is 0 Å². The van der Waals surface area contributed by atoms with Crippen LogP contribution in [-0.2, 0) is 14.3 Å². The van der Waals surface area contributed by atoms with Gasteiger partial charge in [0.05, 0.1) is 11.8 Å². The quantitative estimate of drug-likeness (QED) is 0.631. The van der Waals surface area contributed by atoms with Crippen molar-refractivity contribution in [3.63, 3.8) is 0 Å². The van der Waals surface area contributed by atoms with E-state index in [1.807, 2.05) is 58.9 Å². The van der Waals surface area contributed by atoms with Gasteiger partial charge in [-0.1, -0.05) is 18.7 Å². The fourth-order valence-corrected chi connectivity index (χ4v) is 2.51. The highest BCUT2D eigenvalue weighted by Crippen LogP contribution is 2.29. The molecule has 2 unspecified atom stereocenters. The third-order valence-electron chi connectivity index (χ3n) is 4.08. The molecule has 1 aromatic carbocycles. The molecule has 1 aliphatic heterocycles. The van der Waals surface area contributed by atoms with Gasteiger partial charge >= 0.3 is 5.97 Å². The van der Waals surface area contributed by atoms with E-state index in [1.165, 1.54) is 0 Å². The molecule has 0 spiro atoms. The Morgan fingerprint density at radius 1 is 1.30 bits per heavy atom. The third-order valence-corrected chi connectivity index (χ3v) is 4.08. The Morgan fingerprint density at radius 3 is 2.30 bits per heavy atom. The summed E-state index contributed by atoms with van der Waals surface area (Å²) in [7, 11) is 0. The summed E-state index contributed by atoms with van der Waals surface area (Å²) in [5, 5.41) is 0. The number of carbonyl (C=O) groups is 2. The largest absolute Gasteiger partial charge is 0.460 e. The average molecular weight is 315 g/mol. The highest BCUT2D eigenvalue weighted by atomic mass is 16.6. The molecule has 1 aromatic rings. The molecule has 2 atom stereocenters. The summed E-state index contributed by atoms with van der Waals surface area (Å²) in [6.07, 6.45) is 0. The van der Waals surface area contributed by atoms with Crippen LogP contribution >= 0.6 is 0 Å². The summed E-state index contributed by atoms with van der Waals surface area (Å²) in [5.74, 6) is -0.644. The second kappa shape index (κ2) is 6.19. The molecule has 0 saturated carbocycles. The van der Waals surface area contributed by atoms with Crippen LogP contribution in [0.5, 0.6) is 0 Å². The molecule has 2 rings (SSSR count). The molecule has 124 valence electrons.